The average Bonchev–Trinajstić information content (AvgIpc) is 2.71. The van der Waals surface area contributed by atoms with E-state index in [9.17, 15) is 4.79 Å². The van der Waals surface area contributed by atoms with Gasteiger partial charge in [-0.3, -0.25) is 4.79 Å². The summed E-state index contributed by atoms with van der Waals surface area (Å²) in [6, 6.07) is 0. The highest BCUT2D eigenvalue weighted by Gasteiger charge is 2.19. The van der Waals surface area contributed by atoms with Gasteiger partial charge in [0.1, 0.15) is 0 Å². The van der Waals surface area contributed by atoms with Gasteiger partial charge in [0, 0.05) is 5.57 Å². The third-order valence-electron chi connectivity index (χ3n) is 3.88. The van der Waals surface area contributed by atoms with Gasteiger partial charge in [-0.25, -0.2) is 0 Å². The van der Waals surface area contributed by atoms with Gasteiger partial charge in [0.15, 0.2) is 0 Å². The van der Waals surface area contributed by atoms with Gasteiger partial charge in [-0.1, -0.05) is 18.9 Å². The molecule has 17 heavy (non-hydrogen) atoms. The average molecular weight is 253 g/mol. The van der Waals surface area contributed by atoms with Gasteiger partial charge in [0.05, 0.1) is 0 Å². The molecule has 0 spiro atoms. The van der Waals surface area contributed by atoms with Crippen molar-refractivity contribution in [1.82, 2.24) is 0 Å². The zero-order valence-corrected chi connectivity index (χ0v) is 11.2. The summed E-state index contributed by atoms with van der Waals surface area (Å²) < 4.78 is 0. The van der Waals surface area contributed by atoms with E-state index in [0.29, 0.717) is 0 Å². The summed E-state index contributed by atoms with van der Waals surface area (Å²) in [4.78, 5) is 11.6. The summed E-state index contributed by atoms with van der Waals surface area (Å²) in [7, 11) is 0. The van der Waals surface area contributed by atoms with Crippen LogP contribution in [-0.4, -0.2) is 5.24 Å². The monoisotopic (exact) mass is 252 g/mol. The molecule has 0 saturated heterocycles. The van der Waals surface area contributed by atoms with Crippen molar-refractivity contribution in [3.63, 3.8) is 0 Å². The smallest absolute Gasteiger partial charge is 0.248 e. The van der Waals surface area contributed by atoms with Crippen molar-refractivity contribution in [2.24, 2.45) is 0 Å². The number of hydrogen-bond acceptors (Lipinski definition) is 1. The van der Waals surface area contributed by atoms with Crippen molar-refractivity contribution in [1.29, 1.82) is 0 Å². The maximum absolute atomic E-state index is 11.6. The highest BCUT2D eigenvalue weighted by molar-refractivity contribution is 6.67. The second-order valence-corrected chi connectivity index (χ2v) is 5.46. The second kappa shape index (κ2) is 6.39. The predicted molar refractivity (Wildman–Crippen MR) is 72.1 cm³/mol. The first-order valence-corrected chi connectivity index (χ1v) is 7.28. The Morgan fingerprint density at radius 2 is 1.65 bits per heavy atom. The summed E-state index contributed by atoms with van der Waals surface area (Å²) in [5.41, 5.74) is 3.63. The van der Waals surface area contributed by atoms with Gasteiger partial charge < -0.3 is 0 Å². The minimum absolute atomic E-state index is 0.216. The minimum atomic E-state index is -0.216. The summed E-state index contributed by atoms with van der Waals surface area (Å²) >= 11 is 5.76. The number of rotatable bonds is 2. The molecule has 94 valence electrons. The first-order chi connectivity index (χ1) is 8.29. The Hall–Kier alpha value is -0.560. The quantitative estimate of drug-likeness (QED) is 0.639. The molecule has 0 bridgehead atoms. The lowest BCUT2D eigenvalue weighted by molar-refractivity contribution is -0.108. The Balaban J connectivity index is 2.28. The van der Waals surface area contributed by atoms with E-state index in [2.05, 4.69) is 6.08 Å². The fourth-order valence-electron chi connectivity index (χ4n) is 2.94. The summed E-state index contributed by atoms with van der Waals surface area (Å²) in [5, 5.41) is -0.216. The van der Waals surface area contributed by atoms with Crippen LogP contribution in [0.25, 0.3) is 0 Å². The van der Waals surface area contributed by atoms with Gasteiger partial charge in [-0.05, 0) is 74.1 Å². The van der Waals surface area contributed by atoms with Crippen LogP contribution in [0.3, 0.4) is 0 Å². The molecular formula is C15H21ClO. The fraction of sp³-hybridized carbons (Fsp3) is 0.667. The van der Waals surface area contributed by atoms with Gasteiger partial charge in [0.2, 0.25) is 5.24 Å². The van der Waals surface area contributed by atoms with E-state index in [4.69, 9.17) is 11.6 Å². The van der Waals surface area contributed by atoms with Gasteiger partial charge in [0.25, 0.3) is 0 Å². The molecule has 0 unspecified atom stereocenters. The highest BCUT2D eigenvalue weighted by Crippen LogP contribution is 2.34. The van der Waals surface area contributed by atoms with E-state index in [1.165, 1.54) is 49.7 Å². The molecular weight excluding hydrogens is 232 g/mol. The van der Waals surface area contributed by atoms with Crippen LogP contribution in [0, 0.1) is 0 Å². The van der Waals surface area contributed by atoms with Gasteiger partial charge in [-0.15, -0.1) is 0 Å². The minimum Gasteiger partial charge on any atom is -0.276 e. The molecule has 0 fully saturated rings. The third kappa shape index (κ3) is 3.45. The maximum atomic E-state index is 11.6. The number of hydrogen-bond donors (Lipinski definition) is 0. The molecule has 2 heteroatoms. The van der Waals surface area contributed by atoms with Crippen LogP contribution in [0.15, 0.2) is 22.8 Å². The van der Waals surface area contributed by atoms with E-state index < -0.39 is 0 Å². The Kier molecular flexibility index (Phi) is 4.85. The van der Waals surface area contributed by atoms with Crippen LogP contribution in [0.1, 0.15) is 64.2 Å². The lowest BCUT2D eigenvalue weighted by atomic mass is 9.93. The first kappa shape index (κ1) is 12.9. The van der Waals surface area contributed by atoms with Gasteiger partial charge in [-0.2, -0.15) is 0 Å². The van der Waals surface area contributed by atoms with Crippen molar-refractivity contribution in [3.8, 4) is 0 Å². The van der Waals surface area contributed by atoms with Crippen LogP contribution in [-0.2, 0) is 4.79 Å². The maximum Gasteiger partial charge on any atom is 0.248 e. The van der Waals surface area contributed by atoms with E-state index in [1.807, 2.05) is 0 Å². The van der Waals surface area contributed by atoms with E-state index >= 15 is 0 Å². The Morgan fingerprint density at radius 1 is 0.941 bits per heavy atom. The molecule has 2 aliphatic rings. The largest absolute Gasteiger partial charge is 0.276 e. The van der Waals surface area contributed by atoms with Crippen LogP contribution in [0.5, 0.6) is 0 Å². The lowest BCUT2D eigenvalue weighted by Crippen LogP contribution is -2.01. The van der Waals surface area contributed by atoms with E-state index in [0.717, 1.165) is 31.3 Å². The third-order valence-corrected chi connectivity index (χ3v) is 4.11. The first-order valence-electron chi connectivity index (χ1n) is 6.90. The van der Waals surface area contributed by atoms with Crippen molar-refractivity contribution < 1.29 is 4.79 Å². The molecule has 0 aromatic carbocycles. The van der Waals surface area contributed by atoms with Gasteiger partial charge >= 0.3 is 0 Å². The standard InChI is InChI=1S/C15H21ClO/c16-15(17)14-11-7-3-6-10-13(14)12-8-4-1-2-5-9-12/h8H,1-7,9-11H2. The van der Waals surface area contributed by atoms with Crippen molar-refractivity contribution >= 4 is 16.8 Å². The normalized spacial score (nSPS) is 22.8. The van der Waals surface area contributed by atoms with E-state index in [1.54, 1.807) is 0 Å². The Labute approximate surface area is 109 Å². The Morgan fingerprint density at radius 3 is 2.47 bits per heavy atom. The SMILES string of the molecule is O=C(Cl)C1=C(C2=CCCCCC2)CCCCC1. The van der Waals surface area contributed by atoms with E-state index in [-0.39, 0.29) is 5.24 Å². The molecule has 0 saturated carbocycles. The summed E-state index contributed by atoms with van der Waals surface area (Å²) in [6.45, 7) is 0. The zero-order chi connectivity index (χ0) is 12.1. The molecule has 0 atom stereocenters. The van der Waals surface area contributed by atoms with Crippen LogP contribution >= 0.6 is 11.6 Å². The van der Waals surface area contributed by atoms with Crippen LogP contribution in [0.2, 0.25) is 0 Å². The molecule has 2 aliphatic carbocycles. The molecule has 0 aromatic heterocycles. The molecule has 0 heterocycles. The van der Waals surface area contributed by atoms with Crippen molar-refractivity contribution in [3.05, 3.63) is 22.8 Å². The number of halogens is 1. The summed E-state index contributed by atoms with van der Waals surface area (Å²) in [5.74, 6) is 0. The predicted octanol–water partition coefficient (Wildman–Crippen LogP) is 4.90. The molecule has 2 rings (SSSR count). The molecule has 0 N–H and O–H groups in total. The molecule has 0 aromatic rings. The molecule has 0 aliphatic heterocycles. The number of carbonyl (C=O) groups excluding carboxylic acids is 1. The van der Waals surface area contributed by atoms with Crippen molar-refractivity contribution in [2.45, 2.75) is 64.2 Å². The second-order valence-electron chi connectivity index (χ2n) is 5.12. The zero-order valence-electron chi connectivity index (χ0n) is 10.4. The lowest BCUT2D eigenvalue weighted by Gasteiger charge is -2.13. The molecule has 0 amide bonds. The highest BCUT2D eigenvalue weighted by atomic mass is 35.5. The topological polar surface area (TPSA) is 17.1 Å². The molecule has 1 nitrogen and oxygen atoms in total. The Bertz CT molecular complexity index is 352. The van der Waals surface area contributed by atoms with Crippen molar-refractivity contribution in [2.75, 3.05) is 0 Å². The number of allylic oxidation sites excluding steroid dienone is 4. The molecule has 0 radical (unpaired) electrons. The van der Waals surface area contributed by atoms with Crippen LogP contribution < -0.4 is 0 Å². The fourth-order valence-corrected chi connectivity index (χ4v) is 3.15. The number of carbonyl (C=O) groups is 1. The van der Waals surface area contributed by atoms with Crippen LogP contribution in [0.4, 0.5) is 0 Å². The summed E-state index contributed by atoms with van der Waals surface area (Å²) in [6.07, 6.45) is 14.0.